The second kappa shape index (κ2) is 10.8. The summed E-state index contributed by atoms with van der Waals surface area (Å²) in [6, 6.07) is 0. The zero-order valence-electron chi connectivity index (χ0n) is 17.2. The Kier molecular flexibility index (Phi) is 9.89. The first-order chi connectivity index (χ1) is 11.3. The monoisotopic (exact) mass is 340 g/mol. The van der Waals surface area contributed by atoms with Crippen molar-refractivity contribution >= 4 is 0 Å². The molecule has 24 heavy (non-hydrogen) atoms. The van der Waals surface area contributed by atoms with Crippen molar-refractivity contribution in [2.45, 2.75) is 105 Å². The van der Waals surface area contributed by atoms with Gasteiger partial charge in [0.2, 0.25) is 0 Å². The Morgan fingerprint density at radius 3 is 1.83 bits per heavy atom. The van der Waals surface area contributed by atoms with Gasteiger partial charge in [-0.3, -0.25) is 0 Å². The molecule has 0 bridgehead atoms. The number of rotatable bonds is 4. The van der Waals surface area contributed by atoms with Crippen molar-refractivity contribution in [3.8, 4) is 0 Å². The Hall–Kier alpha value is -0.0800. The molecule has 0 saturated heterocycles. The fraction of sp³-hybridized carbons (Fsp3) is 1.00. The first-order valence-electron chi connectivity index (χ1n) is 10.7. The molecule has 0 heterocycles. The fourth-order valence-corrected chi connectivity index (χ4v) is 5.15. The summed E-state index contributed by atoms with van der Waals surface area (Å²) in [5.74, 6) is 4.12. The van der Waals surface area contributed by atoms with Crippen LogP contribution in [-0.4, -0.2) is 22.4 Å². The van der Waals surface area contributed by atoms with Crippen LogP contribution in [0.1, 0.15) is 92.9 Å². The van der Waals surface area contributed by atoms with Crippen LogP contribution < -0.4 is 0 Å². The zero-order chi connectivity index (χ0) is 18.3. The Morgan fingerprint density at radius 1 is 0.708 bits per heavy atom. The number of hydrogen-bond donors (Lipinski definition) is 2. The number of aliphatic hydroxyl groups is 2. The van der Waals surface area contributed by atoms with E-state index in [4.69, 9.17) is 0 Å². The van der Waals surface area contributed by atoms with E-state index in [9.17, 15) is 10.2 Å². The molecule has 2 rings (SSSR count). The van der Waals surface area contributed by atoms with Crippen LogP contribution in [0.2, 0.25) is 0 Å². The van der Waals surface area contributed by atoms with E-state index in [1.54, 1.807) is 0 Å². The predicted octanol–water partition coefficient (Wildman–Crippen LogP) is 5.66. The maximum atomic E-state index is 9.84. The minimum absolute atomic E-state index is 0.0175. The minimum Gasteiger partial charge on any atom is -0.393 e. The summed E-state index contributed by atoms with van der Waals surface area (Å²) in [6.07, 6.45) is 9.34. The molecule has 2 heteroatoms. The molecule has 8 atom stereocenters. The zero-order valence-corrected chi connectivity index (χ0v) is 17.2. The van der Waals surface area contributed by atoms with Gasteiger partial charge < -0.3 is 10.2 Å². The molecule has 0 aromatic heterocycles. The highest BCUT2D eigenvalue weighted by Gasteiger charge is 2.33. The first-order valence-corrected chi connectivity index (χ1v) is 10.7. The summed E-state index contributed by atoms with van der Waals surface area (Å²) < 4.78 is 0. The van der Waals surface area contributed by atoms with Gasteiger partial charge in [0.15, 0.2) is 0 Å². The maximum absolute atomic E-state index is 9.84. The Labute approximate surface area is 151 Å². The first kappa shape index (κ1) is 22.0. The van der Waals surface area contributed by atoms with Gasteiger partial charge in [0.25, 0.3) is 0 Å². The average Bonchev–Trinajstić information content (AvgIpc) is 2.52. The Balaban J connectivity index is 0.000000240. The quantitative estimate of drug-likeness (QED) is 0.693. The van der Waals surface area contributed by atoms with Gasteiger partial charge in [-0.15, -0.1) is 0 Å². The second-order valence-corrected chi connectivity index (χ2v) is 9.01. The van der Waals surface area contributed by atoms with E-state index in [0.29, 0.717) is 17.8 Å². The molecule has 2 saturated carbocycles. The molecule has 2 aliphatic rings. The van der Waals surface area contributed by atoms with Gasteiger partial charge in [0, 0.05) is 0 Å². The summed E-state index contributed by atoms with van der Waals surface area (Å²) >= 11 is 0. The van der Waals surface area contributed by atoms with Gasteiger partial charge in [-0.05, 0) is 74.0 Å². The van der Waals surface area contributed by atoms with Gasteiger partial charge in [-0.2, -0.15) is 0 Å². The summed E-state index contributed by atoms with van der Waals surface area (Å²) in [5, 5.41) is 19.6. The van der Waals surface area contributed by atoms with Gasteiger partial charge in [0.1, 0.15) is 0 Å². The molecule has 0 aliphatic heterocycles. The van der Waals surface area contributed by atoms with Crippen molar-refractivity contribution in [3.05, 3.63) is 0 Å². The molecular formula is C22H44O2. The van der Waals surface area contributed by atoms with E-state index < -0.39 is 0 Å². The molecular weight excluding hydrogens is 296 g/mol. The molecule has 144 valence electrons. The van der Waals surface area contributed by atoms with E-state index in [1.807, 2.05) is 0 Å². The van der Waals surface area contributed by atoms with Crippen LogP contribution in [0, 0.1) is 35.5 Å². The lowest BCUT2D eigenvalue weighted by Gasteiger charge is -2.37. The summed E-state index contributed by atoms with van der Waals surface area (Å²) in [7, 11) is 0. The second-order valence-electron chi connectivity index (χ2n) is 9.01. The van der Waals surface area contributed by atoms with Crippen molar-refractivity contribution in [3.63, 3.8) is 0 Å². The molecule has 2 nitrogen and oxygen atoms in total. The van der Waals surface area contributed by atoms with E-state index in [1.165, 1.54) is 38.5 Å². The maximum Gasteiger partial charge on any atom is 0.0573 e. The number of hydrogen-bond acceptors (Lipinski definition) is 2. The molecule has 2 aliphatic carbocycles. The topological polar surface area (TPSA) is 40.5 Å². The van der Waals surface area contributed by atoms with Crippen LogP contribution in [0.5, 0.6) is 0 Å². The lowest BCUT2D eigenvalue weighted by molar-refractivity contribution is 0.00877. The lowest BCUT2D eigenvalue weighted by Crippen LogP contribution is -2.35. The Bertz CT molecular complexity index is 318. The summed E-state index contributed by atoms with van der Waals surface area (Å²) in [5.41, 5.74) is 0. The molecule has 0 amide bonds. The van der Waals surface area contributed by atoms with Crippen molar-refractivity contribution in [2.75, 3.05) is 0 Å². The molecule has 0 spiro atoms. The molecule has 0 aromatic carbocycles. The fourth-order valence-electron chi connectivity index (χ4n) is 5.15. The normalized spacial score (nSPS) is 43.0. The van der Waals surface area contributed by atoms with Crippen LogP contribution in [0.15, 0.2) is 0 Å². The van der Waals surface area contributed by atoms with Gasteiger partial charge in [0.05, 0.1) is 12.2 Å². The van der Waals surface area contributed by atoms with Crippen molar-refractivity contribution in [1.29, 1.82) is 0 Å². The van der Waals surface area contributed by atoms with Crippen molar-refractivity contribution in [1.82, 2.24) is 0 Å². The highest BCUT2D eigenvalue weighted by Crippen LogP contribution is 2.37. The molecule has 0 aromatic rings. The highest BCUT2D eigenvalue weighted by atomic mass is 16.3. The third-order valence-corrected chi connectivity index (χ3v) is 6.87. The Morgan fingerprint density at radius 2 is 1.29 bits per heavy atom. The van der Waals surface area contributed by atoms with Crippen LogP contribution in [0.25, 0.3) is 0 Å². The third-order valence-electron chi connectivity index (χ3n) is 6.87. The minimum atomic E-state index is -0.0244. The van der Waals surface area contributed by atoms with E-state index in [0.717, 1.165) is 30.6 Å². The average molecular weight is 341 g/mol. The van der Waals surface area contributed by atoms with Gasteiger partial charge in [-0.1, -0.05) is 54.4 Å². The van der Waals surface area contributed by atoms with Crippen LogP contribution in [-0.2, 0) is 0 Å². The molecule has 2 fully saturated rings. The highest BCUT2D eigenvalue weighted by molar-refractivity contribution is 4.83. The van der Waals surface area contributed by atoms with E-state index in [2.05, 4.69) is 41.5 Å². The third kappa shape index (κ3) is 6.33. The summed E-state index contributed by atoms with van der Waals surface area (Å²) in [4.78, 5) is 0. The largest absolute Gasteiger partial charge is 0.393 e. The molecule has 8 unspecified atom stereocenters. The molecule has 0 radical (unpaired) electrons. The van der Waals surface area contributed by atoms with E-state index >= 15 is 0 Å². The standard InChI is InChI=1S/2C11H22O/c1-4-5-10-9(3)6-8(2)7-11(10)12;1-4-5-10-9(3)8(2)6-7-11(10)12/h2*8-12H,4-7H2,1-3H3. The van der Waals surface area contributed by atoms with Gasteiger partial charge in [-0.25, -0.2) is 0 Å². The predicted molar refractivity (Wildman–Crippen MR) is 104 cm³/mol. The van der Waals surface area contributed by atoms with Crippen molar-refractivity contribution < 1.29 is 10.2 Å². The van der Waals surface area contributed by atoms with Crippen molar-refractivity contribution in [2.24, 2.45) is 35.5 Å². The van der Waals surface area contributed by atoms with Crippen LogP contribution in [0.4, 0.5) is 0 Å². The van der Waals surface area contributed by atoms with Crippen LogP contribution in [0.3, 0.4) is 0 Å². The molecule has 2 N–H and O–H groups in total. The van der Waals surface area contributed by atoms with Crippen LogP contribution >= 0.6 is 0 Å². The SMILES string of the molecule is CCCC1C(C)CC(C)CC1O.CCCC1C(O)CCC(C)C1C. The smallest absolute Gasteiger partial charge is 0.0573 e. The number of aliphatic hydroxyl groups excluding tert-OH is 2. The van der Waals surface area contributed by atoms with E-state index in [-0.39, 0.29) is 12.2 Å². The van der Waals surface area contributed by atoms with Gasteiger partial charge >= 0.3 is 0 Å². The summed E-state index contributed by atoms with van der Waals surface area (Å²) in [6.45, 7) is 13.6. The lowest BCUT2D eigenvalue weighted by atomic mass is 9.70.